The maximum Gasteiger partial charge on any atom is 0.248 e. The highest BCUT2D eigenvalue weighted by atomic mass is 16.5. The maximum atomic E-state index is 12.1. The van der Waals surface area contributed by atoms with E-state index in [0.717, 1.165) is 70.7 Å². The van der Waals surface area contributed by atoms with Crippen molar-refractivity contribution in [3.63, 3.8) is 0 Å². The molecule has 1 aromatic heterocycles. The first-order chi connectivity index (χ1) is 12.2. The van der Waals surface area contributed by atoms with Crippen LogP contribution in [0.1, 0.15) is 31.4 Å². The Labute approximate surface area is 149 Å². The summed E-state index contributed by atoms with van der Waals surface area (Å²) in [6.07, 6.45) is 5.99. The number of likely N-dealkylation sites (tertiary alicyclic amines) is 2. The van der Waals surface area contributed by atoms with Crippen LogP contribution in [0.3, 0.4) is 0 Å². The van der Waals surface area contributed by atoms with Gasteiger partial charge in [0.25, 0.3) is 0 Å². The van der Waals surface area contributed by atoms with E-state index in [1.54, 1.807) is 0 Å². The minimum atomic E-state index is -0.0889. The summed E-state index contributed by atoms with van der Waals surface area (Å²) >= 11 is 0. The van der Waals surface area contributed by atoms with Gasteiger partial charge in [-0.15, -0.1) is 0 Å². The fraction of sp³-hybridized carbons (Fsp3) is 0.684. The van der Waals surface area contributed by atoms with Crippen LogP contribution >= 0.6 is 0 Å². The second kappa shape index (κ2) is 7.40. The van der Waals surface area contributed by atoms with E-state index in [-0.39, 0.29) is 24.2 Å². The second-order valence-electron chi connectivity index (χ2n) is 7.51. The molecule has 0 unspecified atom stereocenters. The number of nitrogens with zero attached hydrogens (tertiary/aromatic N) is 3. The first-order valence-corrected chi connectivity index (χ1v) is 9.38. The molecule has 3 aliphatic rings. The number of hydrogen-bond donors (Lipinski definition) is 0. The SMILES string of the molecule is O=C(CO[C@@H]1CCOC2(C1)CN(Cc1ccccn1)C2)N1CCCC1. The molecule has 0 saturated carbocycles. The van der Waals surface area contributed by atoms with Gasteiger partial charge in [0, 0.05) is 51.9 Å². The molecule has 4 rings (SSSR count). The lowest BCUT2D eigenvalue weighted by Crippen LogP contribution is -2.65. The van der Waals surface area contributed by atoms with Crippen molar-refractivity contribution in [2.24, 2.45) is 0 Å². The molecule has 1 atom stereocenters. The molecule has 0 bridgehead atoms. The number of rotatable bonds is 5. The van der Waals surface area contributed by atoms with Crippen molar-refractivity contribution < 1.29 is 14.3 Å². The van der Waals surface area contributed by atoms with E-state index in [0.29, 0.717) is 0 Å². The molecule has 0 radical (unpaired) electrons. The fourth-order valence-electron chi connectivity index (χ4n) is 4.19. The predicted molar refractivity (Wildman–Crippen MR) is 93.0 cm³/mol. The Hall–Kier alpha value is -1.50. The van der Waals surface area contributed by atoms with E-state index in [9.17, 15) is 4.79 Å². The highest BCUT2D eigenvalue weighted by molar-refractivity contribution is 5.77. The van der Waals surface area contributed by atoms with Crippen LogP contribution in [0.5, 0.6) is 0 Å². The molecule has 6 nitrogen and oxygen atoms in total. The van der Waals surface area contributed by atoms with E-state index in [1.165, 1.54) is 0 Å². The summed E-state index contributed by atoms with van der Waals surface area (Å²) in [6, 6.07) is 6.02. The molecular formula is C19H27N3O3. The monoisotopic (exact) mass is 345 g/mol. The highest BCUT2D eigenvalue weighted by Crippen LogP contribution is 2.35. The standard InChI is InChI=1S/C19H27N3O3/c23-18(22-8-3-4-9-22)13-24-17-6-10-25-19(11-17)14-21(15-19)12-16-5-1-2-7-20-16/h1-2,5,7,17H,3-4,6,8-15H2/t17-/m1/s1. The summed E-state index contributed by atoms with van der Waals surface area (Å²) in [5.41, 5.74) is 1.01. The van der Waals surface area contributed by atoms with Gasteiger partial charge in [0.05, 0.1) is 17.4 Å². The zero-order chi connectivity index (χ0) is 17.1. The summed E-state index contributed by atoms with van der Waals surface area (Å²) in [6.45, 7) is 5.43. The molecule has 136 valence electrons. The molecule has 1 aromatic rings. The molecule has 4 heterocycles. The number of hydrogen-bond acceptors (Lipinski definition) is 5. The van der Waals surface area contributed by atoms with E-state index in [4.69, 9.17) is 9.47 Å². The van der Waals surface area contributed by atoms with Gasteiger partial charge in [-0.3, -0.25) is 14.7 Å². The van der Waals surface area contributed by atoms with E-state index in [1.807, 2.05) is 23.2 Å². The third-order valence-electron chi connectivity index (χ3n) is 5.48. The van der Waals surface area contributed by atoms with Gasteiger partial charge >= 0.3 is 0 Å². The normalized spacial score (nSPS) is 25.9. The van der Waals surface area contributed by atoms with E-state index < -0.39 is 0 Å². The number of pyridine rings is 1. The van der Waals surface area contributed by atoms with Crippen molar-refractivity contribution in [3.8, 4) is 0 Å². The van der Waals surface area contributed by atoms with Gasteiger partial charge in [0.1, 0.15) is 6.61 Å². The van der Waals surface area contributed by atoms with Crippen molar-refractivity contribution in [1.29, 1.82) is 0 Å². The van der Waals surface area contributed by atoms with Crippen molar-refractivity contribution >= 4 is 5.91 Å². The lowest BCUT2D eigenvalue weighted by atomic mass is 9.84. The maximum absolute atomic E-state index is 12.1. The van der Waals surface area contributed by atoms with Crippen molar-refractivity contribution in [3.05, 3.63) is 30.1 Å². The van der Waals surface area contributed by atoms with Gasteiger partial charge < -0.3 is 14.4 Å². The lowest BCUT2D eigenvalue weighted by Gasteiger charge is -2.53. The smallest absolute Gasteiger partial charge is 0.248 e. The number of amides is 1. The Morgan fingerprint density at radius 3 is 2.92 bits per heavy atom. The van der Waals surface area contributed by atoms with Gasteiger partial charge in [0.15, 0.2) is 0 Å². The van der Waals surface area contributed by atoms with E-state index >= 15 is 0 Å². The van der Waals surface area contributed by atoms with Crippen LogP contribution in [0, 0.1) is 0 Å². The third-order valence-corrected chi connectivity index (χ3v) is 5.48. The number of ether oxygens (including phenoxy) is 2. The zero-order valence-electron chi connectivity index (χ0n) is 14.7. The minimum Gasteiger partial charge on any atom is -0.372 e. The summed E-state index contributed by atoms with van der Waals surface area (Å²) in [5.74, 6) is 0.142. The van der Waals surface area contributed by atoms with Crippen LogP contribution in [0.25, 0.3) is 0 Å². The summed E-state index contributed by atoms with van der Waals surface area (Å²) in [4.78, 5) is 20.8. The van der Waals surface area contributed by atoms with Crippen LogP contribution < -0.4 is 0 Å². The van der Waals surface area contributed by atoms with Crippen molar-refractivity contribution in [2.45, 2.75) is 43.9 Å². The van der Waals surface area contributed by atoms with Crippen LogP contribution in [0.4, 0.5) is 0 Å². The molecule has 3 fully saturated rings. The van der Waals surface area contributed by atoms with E-state index in [2.05, 4.69) is 16.0 Å². The molecule has 6 heteroatoms. The van der Waals surface area contributed by atoms with Gasteiger partial charge in [-0.1, -0.05) is 6.07 Å². The largest absolute Gasteiger partial charge is 0.372 e. The first kappa shape index (κ1) is 16.9. The van der Waals surface area contributed by atoms with Crippen molar-refractivity contribution in [1.82, 2.24) is 14.8 Å². The Morgan fingerprint density at radius 1 is 1.32 bits per heavy atom. The molecule has 0 aliphatic carbocycles. The molecule has 0 N–H and O–H groups in total. The van der Waals surface area contributed by atoms with Crippen LogP contribution in [0.15, 0.2) is 24.4 Å². The number of carbonyl (C=O) groups is 1. The molecule has 1 amide bonds. The summed E-state index contributed by atoms with van der Waals surface area (Å²) in [7, 11) is 0. The Bertz CT molecular complexity index is 583. The van der Waals surface area contributed by atoms with Crippen molar-refractivity contribution in [2.75, 3.05) is 39.4 Å². The molecule has 0 aromatic carbocycles. The van der Waals surface area contributed by atoms with Gasteiger partial charge in [-0.05, 0) is 31.4 Å². The predicted octanol–water partition coefficient (Wildman–Crippen LogP) is 1.45. The summed E-state index contributed by atoms with van der Waals surface area (Å²) < 4.78 is 12.0. The van der Waals surface area contributed by atoms with Gasteiger partial charge in [-0.2, -0.15) is 0 Å². The average molecular weight is 345 g/mol. The third kappa shape index (κ3) is 4.02. The first-order valence-electron chi connectivity index (χ1n) is 9.38. The zero-order valence-corrected chi connectivity index (χ0v) is 14.7. The molecule has 3 saturated heterocycles. The second-order valence-corrected chi connectivity index (χ2v) is 7.51. The summed E-state index contributed by atoms with van der Waals surface area (Å²) in [5, 5.41) is 0. The Morgan fingerprint density at radius 2 is 2.16 bits per heavy atom. The number of carbonyl (C=O) groups excluding carboxylic acids is 1. The molecule has 25 heavy (non-hydrogen) atoms. The van der Waals surface area contributed by atoms with Crippen LogP contribution in [-0.2, 0) is 20.8 Å². The quantitative estimate of drug-likeness (QED) is 0.809. The average Bonchev–Trinajstić information content (AvgIpc) is 3.14. The Kier molecular flexibility index (Phi) is 5.01. The van der Waals surface area contributed by atoms with Gasteiger partial charge in [-0.25, -0.2) is 0 Å². The molecule has 1 spiro atoms. The van der Waals surface area contributed by atoms with Crippen LogP contribution in [-0.4, -0.2) is 71.8 Å². The lowest BCUT2D eigenvalue weighted by molar-refractivity contribution is -0.200. The highest BCUT2D eigenvalue weighted by Gasteiger charge is 2.47. The fourth-order valence-corrected chi connectivity index (χ4v) is 4.19. The van der Waals surface area contributed by atoms with Crippen LogP contribution in [0.2, 0.25) is 0 Å². The Balaban J connectivity index is 1.22. The molecular weight excluding hydrogens is 318 g/mol. The minimum absolute atomic E-state index is 0.0889. The molecule has 3 aliphatic heterocycles. The van der Waals surface area contributed by atoms with Gasteiger partial charge in [0.2, 0.25) is 5.91 Å². The topological polar surface area (TPSA) is 54.9 Å². The number of aromatic nitrogens is 1.